The van der Waals surface area contributed by atoms with Gasteiger partial charge in [-0.15, -0.1) is 0 Å². The van der Waals surface area contributed by atoms with E-state index in [2.05, 4.69) is 22.4 Å². The third-order valence-electron chi connectivity index (χ3n) is 4.02. The molecule has 0 atom stereocenters. The summed E-state index contributed by atoms with van der Waals surface area (Å²) in [5.74, 6) is -0.247. The number of carbonyl (C=O) groups is 2. The van der Waals surface area contributed by atoms with E-state index in [1.165, 1.54) is 27.4 Å². The number of hydrogen-bond donors (Lipinski definition) is 1. The van der Waals surface area contributed by atoms with Gasteiger partial charge in [-0.1, -0.05) is 35.6 Å². The van der Waals surface area contributed by atoms with Gasteiger partial charge in [0, 0.05) is 0 Å². The molecule has 2 amide bonds. The van der Waals surface area contributed by atoms with Crippen molar-refractivity contribution < 1.29 is 14.3 Å². The summed E-state index contributed by atoms with van der Waals surface area (Å²) < 4.78 is 4.82. The quantitative estimate of drug-likeness (QED) is 0.938. The van der Waals surface area contributed by atoms with E-state index in [1.54, 1.807) is 0 Å². The smallest absolute Gasteiger partial charge is 0.410 e. The largest absolute Gasteiger partial charge is 0.448 e. The van der Waals surface area contributed by atoms with Gasteiger partial charge in [-0.2, -0.15) is 0 Å². The van der Waals surface area contributed by atoms with E-state index in [0.717, 1.165) is 23.4 Å². The normalized spacial score (nSPS) is 15.8. The van der Waals surface area contributed by atoms with E-state index < -0.39 is 6.09 Å². The maximum absolute atomic E-state index is 12.1. The average Bonchev–Trinajstić information content (AvgIpc) is 3.13. The van der Waals surface area contributed by atoms with Crippen molar-refractivity contribution in [1.82, 2.24) is 9.88 Å². The van der Waals surface area contributed by atoms with Crippen LogP contribution in [0.25, 0.3) is 10.4 Å². The number of benzene rings is 1. The topological polar surface area (TPSA) is 71.5 Å². The molecule has 1 saturated heterocycles. The van der Waals surface area contributed by atoms with Crippen molar-refractivity contribution in [3.8, 4) is 10.4 Å². The number of aromatic nitrogens is 1. The van der Waals surface area contributed by atoms with Crippen molar-refractivity contribution in [3.63, 3.8) is 0 Å². The third kappa shape index (κ3) is 2.68. The first kappa shape index (κ1) is 14.2. The number of amides is 2. The molecule has 118 valence electrons. The molecular weight excluding hydrogens is 314 g/mol. The minimum atomic E-state index is -0.437. The highest BCUT2D eigenvalue weighted by atomic mass is 32.1. The predicted octanol–water partition coefficient (Wildman–Crippen LogP) is 2.30. The van der Waals surface area contributed by atoms with Crippen LogP contribution < -0.4 is 5.32 Å². The molecule has 1 N–H and O–H groups in total. The summed E-state index contributed by atoms with van der Waals surface area (Å²) >= 11 is 1.49. The van der Waals surface area contributed by atoms with E-state index in [9.17, 15) is 9.59 Å². The number of thiazole rings is 1. The van der Waals surface area contributed by atoms with Crippen LogP contribution >= 0.6 is 11.3 Å². The molecule has 0 bridgehead atoms. The number of nitrogens with one attached hydrogen (secondary N) is 1. The number of nitrogens with zero attached hydrogens (tertiary/aromatic N) is 2. The zero-order valence-electron chi connectivity index (χ0n) is 12.4. The Kier molecular flexibility index (Phi) is 3.49. The van der Waals surface area contributed by atoms with Crippen LogP contribution in [0.15, 0.2) is 24.3 Å². The van der Waals surface area contributed by atoms with Gasteiger partial charge in [-0.25, -0.2) is 9.78 Å². The lowest BCUT2D eigenvalue weighted by Gasteiger charge is -2.13. The Bertz CT molecular complexity index is 787. The minimum absolute atomic E-state index is 0.000330. The molecule has 7 heteroatoms. The molecule has 4 rings (SSSR count). The lowest BCUT2D eigenvalue weighted by atomic mass is 9.94. The van der Waals surface area contributed by atoms with Gasteiger partial charge in [0.05, 0.1) is 17.1 Å². The number of cyclic esters (lactones) is 1. The van der Waals surface area contributed by atoms with Crippen LogP contribution in [-0.4, -0.2) is 41.6 Å². The van der Waals surface area contributed by atoms with Crippen LogP contribution in [0.3, 0.4) is 0 Å². The lowest BCUT2D eigenvalue weighted by molar-refractivity contribution is -0.116. The molecule has 2 aliphatic rings. The molecule has 0 spiro atoms. The van der Waals surface area contributed by atoms with Gasteiger partial charge < -0.3 is 10.1 Å². The van der Waals surface area contributed by atoms with Crippen molar-refractivity contribution in [2.24, 2.45) is 0 Å². The zero-order chi connectivity index (χ0) is 15.8. The molecule has 2 heterocycles. The number of ether oxygens (including phenoxy) is 1. The van der Waals surface area contributed by atoms with Crippen molar-refractivity contribution in [3.05, 3.63) is 35.5 Å². The number of carbonyl (C=O) groups excluding carboxylic acids is 2. The van der Waals surface area contributed by atoms with Crippen LogP contribution in [0.4, 0.5) is 9.93 Å². The summed E-state index contributed by atoms with van der Waals surface area (Å²) in [5.41, 5.74) is 3.56. The molecular formula is C16H15N3O3S. The molecule has 2 aromatic rings. The summed E-state index contributed by atoms with van der Waals surface area (Å²) in [6, 6.07) is 8.29. The fourth-order valence-electron chi connectivity index (χ4n) is 2.90. The second-order valence-corrected chi connectivity index (χ2v) is 6.54. The molecule has 1 aromatic carbocycles. The van der Waals surface area contributed by atoms with Crippen molar-refractivity contribution in [2.45, 2.75) is 12.8 Å². The van der Waals surface area contributed by atoms with E-state index in [1.807, 2.05) is 12.1 Å². The van der Waals surface area contributed by atoms with Gasteiger partial charge in [0.15, 0.2) is 5.13 Å². The average molecular weight is 329 g/mol. The highest BCUT2D eigenvalue weighted by Gasteiger charge is 2.25. The van der Waals surface area contributed by atoms with Crippen molar-refractivity contribution in [2.75, 3.05) is 25.0 Å². The molecule has 0 unspecified atom stereocenters. The Labute approximate surface area is 137 Å². The molecule has 1 fully saturated rings. The van der Waals surface area contributed by atoms with E-state index in [-0.39, 0.29) is 12.5 Å². The standard InChI is InChI=1S/C16H15N3O3S/c20-13(9-19-7-8-22-16(19)21)18-15-17-12-6-5-10-3-1-2-4-11(10)14(12)23-15/h1-4H,5-9H2,(H,17,18,20). The number of hydrogen-bond acceptors (Lipinski definition) is 5. The number of aryl methyl sites for hydroxylation is 2. The van der Waals surface area contributed by atoms with Gasteiger partial charge >= 0.3 is 6.09 Å². The third-order valence-corrected chi connectivity index (χ3v) is 5.06. The Morgan fingerprint density at radius 3 is 3.04 bits per heavy atom. The Balaban J connectivity index is 1.50. The summed E-state index contributed by atoms with van der Waals surface area (Å²) in [7, 11) is 0. The summed E-state index contributed by atoms with van der Waals surface area (Å²) in [6.45, 7) is 0.794. The van der Waals surface area contributed by atoms with Gasteiger partial charge in [0.2, 0.25) is 5.91 Å². The fraction of sp³-hybridized carbons (Fsp3) is 0.312. The second-order valence-electron chi connectivity index (χ2n) is 5.54. The minimum Gasteiger partial charge on any atom is -0.448 e. The zero-order valence-corrected chi connectivity index (χ0v) is 13.2. The van der Waals surface area contributed by atoms with Crippen LogP contribution in [0, 0.1) is 0 Å². The van der Waals surface area contributed by atoms with Crippen LogP contribution in [0.1, 0.15) is 11.3 Å². The van der Waals surface area contributed by atoms with Crippen LogP contribution in [0.2, 0.25) is 0 Å². The Morgan fingerprint density at radius 1 is 1.35 bits per heavy atom. The Morgan fingerprint density at radius 2 is 2.22 bits per heavy atom. The molecule has 0 saturated carbocycles. The molecule has 0 radical (unpaired) electrons. The van der Waals surface area contributed by atoms with Crippen LogP contribution in [-0.2, 0) is 22.4 Å². The lowest BCUT2D eigenvalue weighted by Crippen LogP contribution is -2.33. The van der Waals surface area contributed by atoms with Gasteiger partial charge in [0.1, 0.15) is 13.2 Å². The molecule has 1 aromatic heterocycles. The number of rotatable bonds is 3. The fourth-order valence-corrected chi connectivity index (χ4v) is 3.99. The van der Waals surface area contributed by atoms with Gasteiger partial charge in [-0.3, -0.25) is 9.69 Å². The maximum atomic E-state index is 12.1. The highest BCUT2D eigenvalue weighted by Crippen LogP contribution is 2.39. The summed E-state index contributed by atoms with van der Waals surface area (Å²) in [6.07, 6.45) is 1.42. The first-order valence-electron chi connectivity index (χ1n) is 7.50. The summed E-state index contributed by atoms with van der Waals surface area (Å²) in [5, 5.41) is 3.38. The SMILES string of the molecule is O=C(CN1CCOC1=O)Nc1nc2c(s1)-c1ccccc1CC2. The number of fused-ring (bicyclic) bond motifs is 3. The van der Waals surface area contributed by atoms with E-state index in [0.29, 0.717) is 18.3 Å². The molecule has 1 aliphatic heterocycles. The van der Waals surface area contributed by atoms with E-state index >= 15 is 0 Å². The monoisotopic (exact) mass is 329 g/mol. The van der Waals surface area contributed by atoms with Gasteiger partial charge in [-0.05, 0) is 24.0 Å². The first-order valence-corrected chi connectivity index (χ1v) is 8.32. The van der Waals surface area contributed by atoms with Crippen LogP contribution in [0.5, 0.6) is 0 Å². The van der Waals surface area contributed by atoms with Crippen molar-refractivity contribution >= 4 is 28.5 Å². The molecule has 23 heavy (non-hydrogen) atoms. The highest BCUT2D eigenvalue weighted by molar-refractivity contribution is 7.19. The molecule has 1 aliphatic carbocycles. The maximum Gasteiger partial charge on any atom is 0.410 e. The van der Waals surface area contributed by atoms with Crippen molar-refractivity contribution in [1.29, 1.82) is 0 Å². The number of anilines is 1. The second kappa shape index (κ2) is 5.66. The molecule has 6 nitrogen and oxygen atoms in total. The van der Waals surface area contributed by atoms with E-state index in [4.69, 9.17) is 4.74 Å². The Hall–Kier alpha value is -2.41. The summed E-state index contributed by atoms with van der Waals surface area (Å²) in [4.78, 5) is 30.5. The predicted molar refractivity (Wildman–Crippen MR) is 86.5 cm³/mol. The van der Waals surface area contributed by atoms with Gasteiger partial charge in [0.25, 0.3) is 0 Å². The first-order chi connectivity index (χ1) is 11.2.